The minimum absolute atomic E-state index is 0.00451. The van der Waals surface area contributed by atoms with Crippen LogP contribution in [0.25, 0.3) is 11.1 Å². The van der Waals surface area contributed by atoms with Crippen molar-refractivity contribution < 1.29 is 32.6 Å². The van der Waals surface area contributed by atoms with Gasteiger partial charge in [-0.15, -0.1) is 0 Å². The van der Waals surface area contributed by atoms with Crippen LogP contribution in [0.4, 0.5) is 4.79 Å². The van der Waals surface area contributed by atoms with Crippen LogP contribution in [0.3, 0.4) is 0 Å². The molecule has 2 amide bonds. The highest BCUT2D eigenvalue weighted by molar-refractivity contribution is 7.90. The number of hydrogen-bond acceptors (Lipinski definition) is 7. The Morgan fingerprint density at radius 1 is 0.886 bits per heavy atom. The van der Waals surface area contributed by atoms with Crippen molar-refractivity contribution in [3.8, 4) is 16.9 Å². The van der Waals surface area contributed by atoms with Crippen LogP contribution >= 0.6 is 0 Å². The SMILES string of the molecule is CC(C)Oc1cc(-c2ccc(CCOC(=O)NC[C@](O)(c3ccccc3)C(C)(C)C)cc2)ccc1C(=O)NS(=O)(=O)C(C)C. The Morgan fingerprint density at radius 2 is 1.50 bits per heavy atom. The zero-order valence-electron chi connectivity index (χ0n) is 26.5. The van der Waals surface area contributed by atoms with E-state index >= 15 is 0 Å². The quantitative estimate of drug-likeness (QED) is 0.232. The molecule has 0 aliphatic heterocycles. The molecular weight excluding hydrogens is 580 g/mol. The molecule has 0 heterocycles. The summed E-state index contributed by atoms with van der Waals surface area (Å²) in [5.41, 5.74) is 1.63. The van der Waals surface area contributed by atoms with E-state index in [1.807, 2.05) is 89.2 Å². The molecule has 0 bridgehead atoms. The van der Waals surface area contributed by atoms with Crippen LogP contribution in [-0.4, -0.2) is 50.0 Å². The molecule has 3 aromatic rings. The molecule has 0 unspecified atom stereocenters. The van der Waals surface area contributed by atoms with Gasteiger partial charge >= 0.3 is 6.09 Å². The van der Waals surface area contributed by atoms with E-state index in [1.165, 1.54) is 13.8 Å². The van der Waals surface area contributed by atoms with Gasteiger partial charge < -0.3 is 19.9 Å². The highest BCUT2D eigenvalue weighted by atomic mass is 32.2. The molecule has 0 saturated carbocycles. The first-order chi connectivity index (χ1) is 20.5. The van der Waals surface area contributed by atoms with Gasteiger partial charge in [-0.3, -0.25) is 4.79 Å². The van der Waals surface area contributed by atoms with Crippen LogP contribution in [0.2, 0.25) is 0 Å². The van der Waals surface area contributed by atoms with E-state index in [0.717, 1.165) is 16.7 Å². The van der Waals surface area contributed by atoms with E-state index in [9.17, 15) is 23.1 Å². The fraction of sp³-hybridized carbons (Fsp3) is 0.412. The summed E-state index contributed by atoms with van der Waals surface area (Å²) in [5, 5.41) is 13.4. The maximum atomic E-state index is 12.8. The van der Waals surface area contributed by atoms with Gasteiger partial charge in [-0.05, 0) is 67.5 Å². The van der Waals surface area contributed by atoms with Crippen LogP contribution in [0, 0.1) is 5.41 Å². The molecule has 0 aliphatic rings. The molecule has 9 nitrogen and oxygen atoms in total. The molecule has 10 heteroatoms. The Morgan fingerprint density at radius 3 is 2.07 bits per heavy atom. The second-order valence-corrected chi connectivity index (χ2v) is 14.6. The van der Waals surface area contributed by atoms with Crippen LogP contribution < -0.4 is 14.8 Å². The molecule has 44 heavy (non-hydrogen) atoms. The molecule has 238 valence electrons. The number of sulfonamides is 1. The second-order valence-electron chi connectivity index (χ2n) is 12.3. The van der Waals surface area contributed by atoms with Crippen molar-refractivity contribution in [1.29, 1.82) is 0 Å². The third-order valence-electron chi connectivity index (χ3n) is 7.34. The molecule has 0 spiro atoms. The topological polar surface area (TPSA) is 131 Å². The molecular formula is C34H44N2O7S. The lowest BCUT2D eigenvalue weighted by molar-refractivity contribution is -0.0617. The fourth-order valence-electron chi connectivity index (χ4n) is 4.43. The van der Waals surface area contributed by atoms with Crippen molar-refractivity contribution in [2.75, 3.05) is 13.2 Å². The van der Waals surface area contributed by atoms with Crippen molar-refractivity contribution in [3.05, 3.63) is 89.5 Å². The molecule has 3 aromatic carbocycles. The van der Waals surface area contributed by atoms with Gasteiger partial charge in [0, 0.05) is 6.42 Å². The lowest BCUT2D eigenvalue weighted by Gasteiger charge is -2.40. The van der Waals surface area contributed by atoms with E-state index in [0.29, 0.717) is 12.0 Å². The van der Waals surface area contributed by atoms with Crippen molar-refractivity contribution >= 4 is 22.0 Å². The Kier molecular flexibility index (Phi) is 11.2. The maximum Gasteiger partial charge on any atom is 0.407 e. The average molecular weight is 625 g/mol. The molecule has 3 N–H and O–H groups in total. The third-order valence-corrected chi connectivity index (χ3v) is 9.05. The van der Waals surface area contributed by atoms with E-state index in [1.54, 1.807) is 18.2 Å². The molecule has 3 rings (SSSR count). The molecule has 0 fully saturated rings. The monoisotopic (exact) mass is 624 g/mol. The van der Waals surface area contributed by atoms with Gasteiger partial charge in [0.1, 0.15) is 11.4 Å². The van der Waals surface area contributed by atoms with Crippen LogP contribution in [0.1, 0.15) is 70.0 Å². The number of carbonyl (C=O) groups is 2. The lowest BCUT2D eigenvalue weighted by atomic mass is 9.72. The lowest BCUT2D eigenvalue weighted by Crippen LogP contribution is -2.49. The first-order valence-corrected chi connectivity index (χ1v) is 16.2. The number of benzene rings is 3. The Labute approximate surface area is 261 Å². The van der Waals surface area contributed by atoms with E-state index in [4.69, 9.17) is 9.47 Å². The third kappa shape index (κ3) is 8.83. The number of alkyl carbamates (subject to hydrolysis) is 1. The van der Waals surface area contributed by atoms with Gasteiger partial charge in [0.2, 0.25) is 10.0 Å². The first-order valence-electron chi connectivity index (χ1n) is 14.7. The van der Waals surface area contributed by atoms with E-state index < -0.39 is 38.3 Å². The number of amides is 2. The summed E-state index contributed by atoms with van der Waals surface area (Å²) < 4.78 is 37.8. The Balaban J connectivity index is 1.62. The molecule has 0 saturated heterocycles. The van der Waals surface area contributed by atoms with Gasteiger partial charge in [0.15, 0.2) is 0 Å². The summed E-state index contributed by atoms with van der Waals surface area (Å²) in [7, 11) is -3.80. The normalized spacial score (nSPS) is 13.3. The fourth-order valence-corrected chi connectivity index (χ4v) is 5.04. The summed E-state index contributed by atoms with van der Waals surface area (Å²) >= 11 is 0. The summed E-state index contributed by atoms with van der Waals surface area (Å²) in [6.07, 6.45) is -0.358. The predicted octanol–water partition coefficient (Wildman–Crippen LogP) is 5.81. The summed E-state index contributed by atoms with van der Waals surface area (Å²) in [4.78, 5) is 25.2. The maximum absolute atomic E-state index is 12.8. The minimum Gasteiger partial charge on any atom is -0.490 e. The highest BCUT2D eigenvalue weighted by Gasteiger charge is 2.42. The number of ether oxygens (including phenoxy) is 2. The summed E-state index contributed by atoms with van der Waals surface area (Å²) in [6.45, 7) is 12.5. The van der Waals surface area contributed by atoms with Gasteiger partial charge in [-0.2, -0.15) is 0 Å². The van der Waals surface area contributed by atoms with Gasteiger partial charge in [0.05, 0.1) is 30.1 Å². The molecule has 0 aliphatic carbocycles. The highest BCUT2D eigenvalue weighted by Crippen LogP contribution is 2.38. The summed E-state index contributed by atoms with van der Waals surface area (Å²) in [6, 6.07) is 21.9. The Bertz CT molecular complexity index is 1530. The standard InChI is InChI=1S/C34H44N2O7S/c1-23(2)43-30-21-27(17-18-29(30)31(37)36-44(40,41)24(3)4)26-15-13-25(14-16-26)19-20-42-32(38)35-22-34(39,33(5,6)7)28-11-9-8-10-12-28/h8-18,21,23-24,39H,19-20,22H2,1-7H3,(H,35,38)(H,36,37)/t34-/m0/s1. The molecule has 1 atom stereocenters. The van der Waals surface area contributed by atoms with Crippen molar-refractivity contribution in [1.82, 2.24) is 10.0 Å². The average Bonchev–Trinajstić information content (AvgIpc) is 2.95. The number of nitrogens with one attached hydrogen (secondary N) is 2. The smallest absolute Gasteiger partial charge is 0.407 e. The molecule has 0 aromatic heterocycles. The first kappa shape index (κ1) is 34.6. The predicted molar refractivity (Wildman–Crippen MR) is 172 cm³/mol. The molecule has 0 radical (unpaired) electrons. The largest absolute Gasteiger partial charge is 0.490 e. The Hall–Kier alpha value is -3.89. The van der Waals surface area contributed by atoms with Crippen LogP contribution in [0.15, 0.2) is 72.8 Å². The summed E-state index contributed by atoms with van der Waals surface area (Å²) in [5.74, 6) is -0.466. The van der Waals surface area contributed by atoms with Gasteiger partial charge in [0.25, 0.3) is 5.91 Å². The zero-order chi connectivity index (χ0) is 32.7. The van der Waals surface area contributed by atoms with Gasteiger partial charge in [-0.25, -0.2) is 17.9 Å². The second kappa shape index (κ2) is 14.3. The number of rotatable bonds is 12. The number of aliphatic hydroxyl groups is 1. The van der Waals surface area contributed by atoms with Crippen molar-refractivity contribution in [2.45, 2.75) is 71.8 Å². The minimum atomic E-state index is -3.80. The van der Waals surface area contributed by atoms with Crippen molar-refractivity contribution in [2.24, 2.45) is 5.41 Å². The van der Waals surface area contributed by atoms with E-state index in [2.05, 4.69) is 10.0 Å². The van der Waals surface area contributed by atoms with Gasteiger partial charge in [-0.1, -0.05) is 81.4 Å². The zero-order valence-corrected chi connectivity index (χ0v) is 27.3. The van der Waals surface area contributed by atoms with Crippen LogP contribution in [-0.2, 0) is 26.8 Å². The van der Waals surface area contributed by atoms with Crippen LogP contribution in [0.5, 0.6) is 5.75 Å². The van der Waals surface area contributed by atoms with E-state index in [-0.39, 0.29) is 30.6 Å². The number of hydrogen-bond donors (Lipinski definition) is 3. The number of carbonyl (C=O) groups excluding carboxylic acids is 2. The van der Waals surface area contributed by atoms with Crippen molar-refractivity contribution in [3.63, 3.8) is 0 Å².